The normalized spacial score (nSPS) is 11.2. The van der Waals surface area contributed by atoms with Gasteiger partial charge in [-0.15, -0.1) is 0 Å². The molecule has 3 rings (SSSR count). The number of aliphatic imine (C=N–C) groups is 1. The average Bonchev–Trinajstić information content (AvgIpc) is 3.42. The van der Waals surface area contributed by atoms with Crippen LogP contribution in [0.1, 0.15) is 34.2 Å². The minimum atomic E-state index is -0.128. The van der Waals surface area contributed by atoms with Gasteiger partial charge in [-0.3, -0.25) is 4.79 Å². The number of guanidine groups is 1. The maximum Gasteiger partial charge on any atom is 0.251 e. The fraction of sp³-hybridized carbons (Fsp3) is 0.238. The van der Waals surface area contributed by atoms with Crippen molar-refractivity contribution in [1.82, 2.24) is 16.0 Å². The number of nitrogens with zero attached hydrogens (tertiary/aromatic N) is 1. The highest BCUT2D eigenvalue weighted by Crippen LogP contribution is 2.08. The third-order valence-electron chi connectivity index (χ3n) is 4.00. The van der Waals surface area contributed by atoms with Crippen molar-refractivity contribution < 1.29 is 9.21 Å². The zero-order chi connectivity index (χ0) is 19.6. The number of amides is 1. The first kappa shape index (κ1) is 19.7. The van der Waals surface area contributed by atoms with E-state index >= 15 is 0 Å². The van der Waals surface area contributed by atoms with Crippen molar-refractivity contribution in [2.24, 2.45) is 4.99 Å². The molecule has 0 aliphatic carbocycles. The van der Waals surface area contributed by atoms with E-state index in [-0.39, 0.29) is 5.91 Å². The Hall–Kier alpha value is -3.06. The van der Waals surface area contributed by atoms with Gasteiger partial charge >= 0.3 is 0 Å². The predicted molar refractivity (Wildman–Crippen MR) is 112 cm³/mol. The summed E-state index contributed by atoms with van der Waals surface area (Å²) >= 11 is 1.67. The minimum absolute atomic E-state index is 0.128. The van der Waals surface area contributed by atoms with E-state index in [0.717, 1.165) is 23.8 Å². The Morgan fingerprint density at radius 3 is 2.75 bits per heavy atom. The number of carbonyl (C=O) groups excluding carboxylic acids is 1. The molecular weight excluding hydrogens is 372 g/mol. The van der Waals surface area contributed by atoms with E-state index < -0.39 is 0 Å². The Bertz CT molecular complexity index is 889. The number of hydrogen-bond acceptors (Lipinski definition) is 4. The van der Waals surface area contributed by atoms with Gasteiger partial charge in [0, 0.05) is 18.7 Å². The number of thiophene rings is 1. The molecule has 0 unspecified atom stereocenters. The van der Waals surface area contributed by atoms with Gasteiger partial charge in [0.05, 0.1) is 19.4 Å². The molecule has 0 spiro atoms. The number of carbonyl (C=O) groups is 1. The molecule has 0 fully saturated rings. The van der Waals surface area contributed by atoms with Gasteiger partial charge in [0.1, 0.15) is 5.76 Å². The second kappa shape index (κ2) is 10.3. The van der Waals surface area contributed by atoms with E-state index in [4.69, 9.17) is 4.42 Å². The van der Waals surface area contributed by atoms with Crippen LogP contribution >= 0.6 is 11.3 Å². The molecule has 0 atom stereocenters. The second-order valence-electron chi connectivity index (χ2n) is 6.14. The van der Waals surface area contributed by atoms with Crippen molar-refractivity contribution >= 4 is 23.2 Å². The largest absolute Gasteiger partial charge is 0.467 e. The van der Waals surface area contributed by atoms with Crippen LogP contribution in [0.15, 0.2) is 68.9 Å². The van der Waals surface area contributed by atoms with Gasteiger partial charge in [0.2, 0.25) is 0 Å². The van der Waals surface area contributed by atoms with E-state index in [2.05, 4.69) is 32.4 Å². The molecule has 3 N–H and O–H groups in total. The Balaban J connectivity index is 1.56. The topological polar surface area (TPSA) is 78.7 Å². The van der Waals surface area contributed by atoms with Crippen molar-refractivity contribution in [1.29, 1.82) is 0 Å². The molecule has 0 bridgehead atoms. The van der Waals surface area contributed by atoms with Crippen LogP contribution in [0, 0.1) is 0 Å². The molecule has 0 aliphatic heterocycles. The van der Waals surface area contributed by atoms with Crippen molar-refractivity contribution in [3.63, 3.8) is 0 Å². The summed E-state index contributed by atoms with van der Waals surface area (Å²) in [6.07, 6.45) is 1.59. The van der Waals surface area contributed by atoms with Gasteiger partial charge in [-0.25, -0.2) is 4.99 Å². The standard InChI is InChI=1S/C21H24N4O2S/c1-2-22-21(25-13-17-8-10-28-15-17)24-12-16-5-3-6-18(11-16)20(26)23-14-19-7-4-9-27-19/h3-11,15H,2,12-14H2,1H3,(H,23,26)(H2,22,24,25). The summed E-state index contributed by atoms with van der Waals surface area (Å²) in [7, 11) is 0. The van der Waals surface area contributed by atoms with Crippen LogP contribution in [0.5, 0.6) is 0 Å². The molecule has 3 aromatic rings. The highest BCUT2D eigenvalue weighted by atomic mass is 32.1. The van der Waals surface area contributed by atoms with Gasteiger partial charge in [-0.2, -0.15) is 11.3 Å². The summed E-state index contributed by atoms with van der Waals surface area (Å²) in [4.78, 5) is 17.0. The lowest BCUT2D eigenvalue weighted by Crippen LogP contribution is -2.36. The third-order valence-corrected chi connectivity index (χ3v) is 4.73. The monoisotopic (exact) mass is 396 g/mol. The quantitative estimate of drug-likeness (QED) is 0.402. The molecule has 28 heavy (non-hydrogen) atoms. The molecule has 7 heteroatoms. The van der Waals surface area contributed by atoms with E-state index in [1.54, 1.807) is 29.7 Å². The molecular formula is C21H24N4O2S. The molecule has 146 valence electrons. The van der Waals surface area contributed by atoms with Crippen LogP contribution in [-0.2, 0) is 19.6 Å². The van der Waals surface area contributed by atoms with E-state index in [0.29, 0.717) is 25.2 Å². The predicted octanol–water partition coefficient (Wildman–Crippen LogP) is 3.53. The van der Waals surface area contributed by atoms with Crippen molar-refractivity contribution in [3.05, 3.63) is 81.9 Å². The molecule has 1 amide bonds. The zero-order valence-electron chi connectivity index (χ0n) is 15.8. The van der Waals surface area contributed by atoms with E-state index in [1.165, 1.54) is 5.56 Å². The van der Waals surface area contributed by atoms with Crippen LogP contribution < -0.4 is 16.0 Å². The first-order chi connectivity index (χ1) is 13.7. The molecule has 6 nitrogen and oxygen atoms in total. The summed E-state index contributed by atoms with van der Waals surface area (Å²) in [6, 6.07) is 13.3. The molecule has 1 aromatic carbocycles. The average molecular weight is 397 g/mol. The van der Waals surface area contributed by atoms with Gasteiger partial charge in [-0.05, 0) is 59.1 Å². The Morgan fingerprint density at radius 2 is 2.00 bits per heavy atom. The Kier molecular flexibility index (Phi) is 7.26. The highest BCUT2D eigenvalue weighted by molar-refractivity contribution is 7.07. The van der Waals surface area contributed by atoms with Crippen molar-refractivity contribution in [2.45, 2.75) is 26.6 Å². The highest BCUT2D eigenvalue weighted by Gasteiger charge is 2.07. The maximum atomic E-state index is 12.4. The minimum Gasteiger partial charge on any atom is -0.467 e. The maximum absolute atomic E-state index is 12.4. The van der Waals surface area contributed by atoms with Crippen LogP contribution in [0.2, 0.25) is 0 Å². The summed E-state index contributed by atoms with van der Waals surface area (Å²) in [6.45, 7) is 4.40. The number of rotatable bonds is 8. The van der Waals surface area contributed by atoms with Crippen molar-refractivity contribution in [2.75, 3.05) is 6.54 Å². The lowest BCUT2D eigenvalue weighted by Gasteiger charge is -2.12. The molecule has 0 radical (unpaired) electrons. The fourth-order valence-electron chi connectivity index (χ4n) is 2.59. The van der Waals surface area contributed by atoms with Gasteiger partial charge in [0.25, 0.3) is 5.91 Å². The summed E-state index contributed by atoms with van der Waals surface area (Å²) in [5.41, 5.74) is 2.82. The first-order valence-corrected chi connectivity index (χ1v) is 10.1. The Morgan fingerprint density at radius 1 is 1.07 bits per heavy atom. The zero-order valence-corrected chi connectivity index (χ0v) is 16.6. The smallest absolute Gasteiger partial charge is 0.251 e. The molecule has 2 heterocycles. The van der Waals surface area contributed by atoms with Gasteiger partial charge in [-0.1, -0.05) is 12.1 Å². The second-order valence-corrected chi connectivity index (χ2v) is 6.92. The number of furan rings is 1. The van der Waals surface area contributed by atoms with E-state index in [1.807, 2.05) is 36.6 Å². The lowest BCUT2D eigenvalue weighted by molar-refractivity contribution is 0.0948. The number of benzene rings is 1. The molecule has 0 saturated carbocycles. The van der Waals surface area contributed by atoms with E-state index in [9.17, 15) is 4.79 Å². The number of hydrogen-bond donors (Lipinski definition) is 3. The SMILES string of the molecule is CCNC(=NCc1ccsc1)NCc1cccc(C(=O)NCc2ccco2)c1. The summed E-state index contributed by atoms with van der Waals surface area (Å²) in [5, 5.41) is 13.6. The van der Waals surface area contributed by atoms with Crippen LogP contribution in [0.4, 0.5) is 0 Å². The molecule has 0 saturated heterocycles. The third kappa shape index (κ3) is 5.99. The lowest BCUT2D eigenvalue weighted by atomic mass is 10.1. The first-order valence-electron chi connectivity index (χ1n) is 9.17. The summed E-state index contributed by atoms with van der Waals surface area (Å²) in [5.74, 6) is 1.35. The van der Waals surface area contributed by atoms with Crippen LogP contribution in [0.3, 0.4) is 0 Å². The van der Waals surface area contributed by atoms with Gasteiger partial charge < -0.3 is 20.4 Å². The molecule has 0 aliphatic rings. The summed E-state index contributed by atoms with van der Waals surface area (Å²) < 4.78 is 5.24. The molecule has 2 aromatic heterocycles. The fourth-order valence-corrected chi connectivity index (χ4v) is 3.25. The van der Waals surface area contributed by atoms with Crippen LogP contribution in [-0.4, -0.2) is 18.4 Å². The van der Waals surface area contributed by atoms with Crippen molar-refractivity contribution in [3.8, 4) is 0 Å². The van der Waals surface area contributed by atoms with Crippen LogP contribution in [0.25, 0.3) is 0 Å². The number of nitrogens with one attached hydrogen (secondary N) is 3. The van der Waals surface area contributed by atoms with Gasteiger partial charge in [0.15, 0.2) is 5.96 Å². The Labute approximate surface area is 168 Å².